The lowest BCUT2D eigenvalue weighted by atomic mass is 10.1. The first-order chi connectivity index (χ1) is 6.40. The Morgan fingerprint density at radius 1 is 1.15 bits per heavy atom. The minimum atomic E-state index is 0.115. The van der Waals surface area contributed by atoms with Gasteiger partial charge in [0.25, 0.3) is 0 Å². The lowest BCUT2D eigenvalue weighted by Gasteiger charge is -1.97. The van der Waals surface area contributed by atoms with Crippen LogP contribution in [0.1, 0.15) is 12.0 Å². The summed E-state index contributed by atoms with van der Waals surface area (Å²) in [4.78, 5) is 0. The first-order valence-corrected chi connectivity index (χ1v) is 4.70. The van der Waals surface area contributed by atoms with Crippen molar-refractivity contribution in [2.75, 3.05) is 6.61 Å². The molecule has 13 heavy (non-hydrogen) atoms. The number of ether oxygens (including phenoxy) is 1. The van der Waals surface area contributed by atoms with Gasteiger partial charge < -0.3 is 9.84 Å². The van der Waals surface area contributed by atoms with Gasteiger partial charge in [-0.3, -0.25) is 0 Å². The van der Waals surface area contributed by atoms with Crippen molar-refractivity contribution < 1.29 is 9.84 Å². The maximum atomic E-state index is 8.75. The quantitative estimate of drug-likeness (QED) is 0.706. The first kappa shape index (κ1) is 8.73. The SMILES string of the molecule is OC[C@@H]1O[C@@H]1CCc1ccccc1. The number of hydrogen-bond acceptors (Lipinski definition) is 2. The van der Waals surface area contributed by atoms with Gasteiger partial charge in [0, 0.05) is 0 Å². The van der Waals surface area contributed by atoms with E-state index in [1.165, 1.54) is 5.56 Å². The van der Waals surface area contributed by atoms with Crippen LogP contribution in [0.2, 0.25) is 0 Å². The Bertz CT molecular complexity index is 258. The number of aryl methyl sites for hydroxylation is 1. The van der Waals surface area contributed by atoms with E-state index in [1.807, 2.05) is 18.2 Å². The van der Waals surface area contributed by atoms with Gasteiger partial charge in [0.15, 0.2) is 0 Å². The molecule has 1 aromatic rings. The van der Waals surface area contributed by atoms with E-state index in [2.05, 4.69) is 12.1 Å². The summed E-state index contributed by atoms with van der Waals surface area (Å²) in [6.45, 7) is 0.166. The number of hydrogen-bond donors (Lipinski definition) is 1. The fraction of sp³-hybridized carbons (Fsp3) is 0.455. The zero-order chi connectivity index (χ0) is 9.10. The maximum Gasteiger partial charge on any atom is 0.107 e. The predicted molar refractivity (Wildman–Crippen MR) is 50.5 cm³/mol. The molecule has 0 unspecified atom stereocenters. The van der Waals surface area contributed by atoms with Crippen LogP contribution in [-0.4, -0.2) is 23.9 Å². The standard InChI is InChI=1S/C11H14O2/c12-8-11-10(13-11)7-6-9-4-2-1-3-5-9/h1-5,10-12H,6-8H2/t10-,11+/m1/s1. The largest absolute Gasteiger partial charge is 0.394 e. The van der Waals surface area contributed by atoms with Crippen molar-refractivity contribution in [3.8, 4) is 0 Å². The summed E-state index contributed by atoms with van der Waals surface area (Å²) in [6, 6.07) is 10.4. The highest BCUT2D eigenvalue weighted by Gasteiger charge is 2.37. The van der Waals surface area contributed by atoms with Crippen molar-refractivity contribution in [3.63, 3.8) is 0 Å². The second-order valence-corrected chi connectivity index (χ2v) is 3.42. The second kappa shape index (κ2) is 3.90. The van der Waals surface area contributed by atoms with Crippen LogP contribution < -0.4 is 0 Å². The molecule has 1 aliphatic heterocycles. The third-order valence-corrected chi connectivity index (χ3v) is 2.43. The van der Waals surface area contributed by atoms with Gasteiger partial charge in [-0.25, -0.2) is 0 Å². The molecule has 0 radical (unpaired) electrons. The molecule has 0 aromatic heterocycles. The Morgan fingerprint density at radius 2 is 1.92 bits per heavy atom. The molecule has 2 nitrogen and oxygen atoms in total. The fourth-order valence-electron chi connectivity index (χ4n) is 1.55. The van der Waals surface area contributed by atoms with Gasteiger partial charge in [0.05, 0.1) is 12.7 Å². The van der Waals surface area contributed by atoms with E-state index in [0.29, 0.717) is 6.10 Å². The van der Waals surface area contributed by atoms with E-state index in [4.69, 9.17) is 9.84 Å². The minimum absolute atomic E-state index is 0.115. The third-order valence-electron chi connectivity index (χ3n) is 2.43. The van der Waals surface area contributed by atoms with Crippen molar-refractivity contribution in [1.82, 2.24) is 0 Å². The summed E-state index contributed by atoms with van der Waals surface area (Å²) in [6.07, 6.45) is 2.48. The molecule has 1 heterocycles. The Morgan fingerprint density at radius 3 is 2.54 bits per heavy atom. The number of aliphatic hydroxyl groups is 1. The van der Waals surface area contributed by atoms with Crippen molar-refractivity contribution in [1.29, 1.82) is 0 Å². The van der Waals surface area contributed by atoms with Gasteiger partial charge >= 0.3 is 0 Å². The predicted octanol–water partition coefficient (Wildman–Crippen LogP) is 1.38. The Kier molecular flexibility index (Phi) is 2.62. The number of rotatable bonds is 4. The molecule has 0 spiro atoms. The average Bonchev–Trinajstić information content (AvgIpc) is 2.95. The summed E-state index contributed by atoms with van der Waals surface area (Å²) < 4.78 is 5.24. The molecule has 2 atom stereocenters. The van der Waals surface area contributed by atoms with E-state index >= 15 is 0 Å². The molecular formula is C11H14O2. The normalized spacial score (nSPS) is 25.9. The van der Waals surface area contributed by atoms with Crippen LogP contribution in [0.5, 0.6) is 0 Å². The number of aliphatic hydroxyl groups excluding tert-OH is 1. The molecule has 1 aromatic carbocycles. The topological polar surface area (TPSA) is 32.8 Å². The van der Waals surface area contributed by atoms with Crippen LogP contribution in [0.25, 0.3) is 0 Å². The Balaban J connectivity index is 1.75. The summed E-state index contributed by atoms with van der Waals surface area (Å²) in [5.41, 5.74) is 1.34. The van der Waals surface area contributed by atoms with E-state index in [0.717, 1.165) is 12.8 Å². The van der Waals surface area contributed by atoms with Crippen LogP contribution in [0.15, 0.2) is 30.3 Å². The first-order valence-electron chi connectivity index (χ1n) is 4.70. The smallest absolute Gasteiger partial charge is 0.107 e. The second-order valence-electron chi connectivity index (χ2n) is 3.42. The summed E-state index contributed by atoms with van der Waals surface area (Å²) in [7, 11) is 0. The molecule has 1 fully saturated rings. The molecular weight excluding hydrogens is 164 g/mol. The van der Waals surface area contributed by atoms with Gasteiger partial charge in [-0.05, 0) is 18.4 Å². The van der Waals surface area contributed by atoms with Gasteiger partial charge in [0.2, 0.25) is 0 Å². The molecule has 2 heteroatoms. The van der Waals surface area contributed by atoms with Gasteiger partial charge in [-0.2, -0.15) is 0 Å². The van der Waals surface area contributed by atoms with Crippen molar-refractivity contribution in [3.05, 3.63) is 35.9 Å². The zero-order valence-electron chi connectivity index (χ0n) is 7.52. The number of benzene rings is 1. The highest BCUT2D eigenvalue weighted by Crippen LogP contribution is 2.25. The Hall–Kier alpha value is -0.860. The van der Waals surface area contributed by atoms with E-state index in [1.54, 1.807) is 0 Å². The number of epoxide rings is 1. The van der Waals surface area contributed by atoms with Gasteiger partial charge in [-0.1, -0.05) is 30.3 Å². The molecule has 2 rings (SSSR count). The highest BCUT2D eigenvalue weighted by atomic mass is 16.6. The van der Waals surface area contributed by atoms with Gasteiger partial charge in [0.1, 0.15) is 6.10 Å². The molecule has 0 amide bonds. The lowest BCUT2D eigenvalue weighted by molar-refractivity contribution is 0.241. The summed E-state index contributed by atoms with van der Waals surface area (Å²) in [5, 5.41) is 8.75. The zero-order valence-corrected chi connectivity index (χ0v) is 7.52. The van der Waals surface area contributed by atoms with Crippen LogP contribution >= 0.6 is 0 Å². The molecule has 0 saturated carbocycles. The third kappa shape index (κ3) is 2.29. The van der Waals surface area contributed by atoms with Crippen LogP contribution in [0, 0.1) is 0 Å². The monoisotopic (exact) mass is 178 g/mol. The average molecular weight is 178 g/mol. The molecule has 1 aliphatic rings. The summed E-state index contributed by atoms with van der Waals surface area (Å²) in [5.74, 6) is 0. The summed E-state index contributed by atoms with van der Waals surface area (Å²) >= 11 is 0. The van der Waals surface area contributed by atoms with Crippen molar-refractivity contribution in [2.45, 2.75) is 25.0 Å². The molecule has 70 valence electrons. The Labute approximate surface area is 78.2 Å². The maximum absolute atomic E-state index is 8.75. The van der Waals surface area contributed by atoms with E-state index < -0.39 is 0 Å². The van der Waals surface area contributed by atoms with E-state index in [-0.39, 0.29) is 12.7 Å². The fourth-order valence-corrected chi connectivity index (χ4v) is 1.55. The molecule has 0 aliphatic carbocycles. The van der Waals surface area contributed by atoms with Crippen LogP contribution in [0.4, 0.5) is 0 Å². The van der Waals surface area contributed by atoms with Crippen molar-refractivity contribution >= 4 is 0 Å². The van der Waals surface area contributed by atoms with Crippen LogP contribution in [-0.2, 0) is 11.2 Å². The molecule has 0 bridgehead atoms. The van der Waals surface area contributed by atoms with Crippen LogP contribution in [0.3, 0.4) is 0 Å². The minimum Gasteiger partial charge on any atom is -0.394 e. The highest BCUT2D eigenvalue weighted by molar-refractivity contribution is 5.15. The lowest BCUT2D eigenvalue weighted by Crippen LogP contribution is -2.00. The van der Waals surface area contributed by atoms with Gasteiger partial charge in [-0.15, -0.1) is 0 Å². The van der Waals surface area contributed by atoms with Crippen molar-refractivity contribution in [2.24, 2.45) is 0 Å². The molecule has 1 N–H and O–H groups in total. The van der Waals surface area contributed by atoms with E-state index in [9.17, 15) is 0 Å². The molecule has 1 saturated heterocycles.